The highest BCUT2D eigenvalue weighted by Crippen LogP contribution is 2.19. The molecule has 0 spiro atoms. The Morgan fingerprint density at radius 2 is 1.92 bits per heavy atom. The molecule has 1 heterocycles. The van der Waals surface area contributed by atoms with Crippen molar-refractivity contribution in [2.45, 2.75) is 6.54 Å². The standard InChI is InChI=1S/C20H21N3OS/c1-2-16-4-3-5-18(14-16)22-20(24)21-15-17-6-8-19(9-7-17)23-10-12-25-13-11-23/h1,3-9,14H,10-13,15H2,(H2,21,22,24). The number of anilines is 2. The number of carbonyl (C=O) groups is 1. The Morgan fingerprint density at radius 1 is 1.16 bits per heavy atom. The van der Waals surface area contributed by atoms with Gasteiger partial charge in [0, 0.05) is 48.1 Å². The van der Waals surface area contributed by atoms with E-state index in [1.54, 1.807) is 6.07 Å². The summed E-state index contributed by atoms with van der Waals surface area (Å²) in [5.41, 5.74) is 3.75. The fourth-order valence-electron chi connectivity index (χ4n) is 2.69. The van der Waals surface area contributed by atoms with Crippen molar-refractivity contribution in [1.29, 1.82) is 0 Å². The highest BCUT2D eigenvalue weighted by molar-refractivity contribution is 7.99. The van der Waals surface area contributed by atoms with Gasteiger partial charge in [-0.2, -0.15) is 11.8 Å². The van der Waals surface area contributed by atoms with Crippen LogP contribution in [0.3, 0.4) is 0 Å². The van der Waals surface area contributed by atoms with Crippen molar-refractivity contribution >= 4 is 29.2 Å². The maximum absolute atomic E-state index is 12.0. The van der Waals surface area contributed by atoms with Crippen LogP contribution in [0.15, 0.2) is 48.5 Å². The Morgan fingerprint density at radius 3 is 2.64 bits per heavy atom. The molecule has 2 aromatic rings. The number of urea groups is 1. The van der Waals surface area contributed by atoms with Gasteiger partial charge in [0.05, 0.1) is 0 Å². The van der Waals surface area contributed by atoms with Crippen molar-refractivity contribution in [2.24, 2.45) is 0 Å². The zero-order valence-corrected chi connectivity index (χ0v) is 14.8. The van der Waals surface area contributed by atoms with E-state index in [2.05, 4.69) is 45.7 Å². The van der Waals surface area contributed by atoms with Gasteiger partial charge < -0.3 is 15.5 Å². The highest BCUT2D eigenvalue weighted by Gasteiger charge is 2.10. The molecule has 0 atom stereocenters. The molecular formula is C20H21N3OS. The lowest BCUT2D eigenvalue weighted by atomic mass is 10.2. The van der Waals surface area contributed by atoms with Crippen LogP contribution in [0, 0.1) is 12.3 Å². The third-order valence-electron chi connectivity index (χ3n) is 4.05. The molecule has 3 rings (SSSR count). The predicted molar refractivity (Wildman–Crippen MR) is 106 cm³/mol. The molecule has 0 aromatic heterocycles. The van der Waals surface area contributed by atoms with Crippen LogP contribution >= 0.6 is 11.8 Å². The molecule has 1 aliphatic rings. The van der Waals surface area contributed by atoms with E-state index in [1.165, 1.54) is 17.2 Å². The summed E-state index contributed by atoms with van der Waals surface area (Å²) < 4.78 is 0. The number of benzene rings is 2. The molecule has 0 aliphatic carbocycles. The Balaban J connectivity index is 1.50. The summed E-state index contributed by atoms with van der Waals surface area (Å²) >= 11 is 2.00. The molecule has 4 nitrogen and oxygen atoms in total. The summed E-state index contributed by atoms with van der Waals surface area (Å²) in [5, 5.41) is 5.66. The maximum Gasteiger partial charge on any atom is 0.319 e. The lowest BCUT2D eigenvalue weighted by molar-refractivity contribution is 0.251. The average molecular weight is 351 g/mol. The van der Waals surface area contributed by atoms with Crippen molar-refractivity contribution in [3.8, 4) is 12.3 Å². The third kappa shape index (κ3) is 4.94. The second-order valence-electron chi connectivity index (χ2n) is 5.80. The van der Waals surface area contributed by atoms with E-state index in [1.807, 2.05) is 30.0 Å². The molecule has 0 saturated carbocycles. The number of amides is 2. The molecule has 1 saturated heterocycles. The normalized spacial score (nSPS) is 13.8. The van der Waals surface area contributed by atoms with Crippen molar-refractivity contribution in [3.05, 3.63) is 59.7 Å². The van der Waals surface area contributed by atoms with Gasteiger partial charge in [-0.05, 0) is 35.9 Å². The van der Waals surface area contributed by atoms with E-state index < -0.39 is 0 Å². The zero-order chi connectivity index (χ0) is 17.5. The second-order valence-corrected chi connectivity index (χ2v) is 7.02. The molecule has 0 unspecified atom stereocenters. The van der Waals surface area contributed by atoms with Crippen LogP contribution in [0.4, 0.5) is 16.2 Å². The van der Waals surface area contributed by atoms with Crippen LogP contribution in [0.2, 0.25) is 0 Å². The summed E-state index contributed by atoms with van der Waals surface area (Å²) in [6.45, 7) is 2.68. The van der Waals surface area contributed by atoms with E-state index in [0.29, 0.717) is 12.2 Å². The van der Waals surface area contributed by atoms with Crippen LogP contribution in [0.5, 0.6) is 0 Å². The summed E-state index contributed by atoms with van der Waals surface area (Å²) in [6, 6.07) is 15.4. The lowest BCUT2D eigenvalue weighted by Gasteiger charge is -2.28. The van der Waals surface area contributed by atoms with Crippen LogP contribution in [-0.2, 0) is 6.54 Å². The Labute approximate surface area is 153 Å². The first-order chi connectivity index (χ1) is 12.2. The number of nitrogens with one attached hydrogen (secondary N) is 2. The van der Waals surface area contributed by atoms with Gasteiger partial charge in [-0.3, -0.25) is 0 Å². The van der Waals surface area contributed by atoms with Gasteiger partial charge in [-0.1, -0.05) is 24.1 Å². The highest BCUT2D eigenvalue weighted by atomic mass is 32.2. The molecule has 25 heavy (non-hydrogen) atoms. The SMILES string of the molecule is C#Cc1cccc(NC(=O)NCc2ccc(N3CCSCC3)cc2)c1. The number of hydrogen-bond donors (Lipinski definition) is 2. The Bertz CT molecular complexity index is 761. The molecule has 2 N–H and O–H groups in total. The van der Waals surface area contributed by atoms with Crippen LogP contribution in [-0.4, -0.2) is 30.6 Å². The molecule has 2 amide bonds. The van der Waals surface area contributed by atoms with Crippen molar-refractivity contribution in [2.75, 3.05) is 34.8 Å². The largest absolute Gasteiger partial charge is 0.370 e. The quantitative estimate of drug-likeness (QED) is 0.828. The van der Waals surface area contributed by atoms with Gasteiger partial charge in [0.15, 0.2) is 0 Å². The molecule has 5 heteroatoms. The van der Waals surface area contributed by atoms with Gasteiger partial charge in [0.2, 0.25) is 0 Å². The van der Waals surface area contributed by atoms with Gasteiger partial charge in [0.1, 0.15) is 0 Å². The molecule has 0 bridgehead atoms. The number of carbonyl (C=O) groups excluding carboxylic acids is 1. The number of hydrogen-bond acceptors (Lipinski definition) is 3. The minimum Gasteiger partial charge on any atom is -0.370 e. The smallest absolute Gasteiger partial charge is 0.319 e. The van der Waals surface area contributed by atoms with E-state index in [4.69, 9.17) is 6.42 Å². The summed E-state index contributed by atoms with van der Waals surface area (Å²) in [6.07, 6.45) is 5.37. The molecule has 1 aliphatic heterocycles. The fourth-order valence-corrected chi connectivity index (χ4v) is 3.59. The Hall–Kier alpha value is -2.58. The van der Waals surface area contributed by atoms with Crippen molar-refractivity contribution in [3.63, 3.8) is 0 Å². The average Bonchev–Trinajstić information content (AvgIpc) is 2.67. The lowest BCUT2D eigenvalue weighted by Crippen LogP contribution is -2.32. The predicted octanol–water partition coefficient (Wildman–Crippen LogP) is 3.54. The Kier molecular flexibility index (Phi) is 5.86. The third-order valence-corrected chi connectivity index (χ3v) is 5.00. The zero-order valence-electron chi connectivity index (χ0n) is 14.0. The van der Waals surface area contributed by atoms with Gasteiger partial charge >= 0.3 is 6.03 Å². The van der Waals surface area contributed by atoms with Gasteiger partial charge in [0.25, 0.3) is 0 Å². The number of nitrogens with zero attached hydrogens (tertiary/aromatic N) is 1. The first-order valence-electron chi connectivity index (χ1n) is 8.28. The molecule has 2 aromatic carbocycles. The molecule has 1 fully saturated rings. The van der Waals surface area contributed by atoms with E-state index >= 15 is 0 Å². The summed E-state index contributed by atoms with van der Waals surface area (Å²) in [7, 11) is 0. The first kappa shape index (κ1) is 17.2. The van der Waals surface area contributed by atoms with Crippen LogP contribution in [0.1, 0.15) is 11.1 Å². The minimum atomic E-state index is -0.244. The monoisotopic (exact) mass is 351 g/mol. The molecular weight excluding hydrogens is 330 g/mol. The van der Waals surface area contributed by atoms with E-state index in [-0.39, 0.29) is 6.03 Å². The molecule has 128 valence electrons. The van der Waals surface area contributed by atoms with Crippen LogP contribution < -0.4 is 15.5 Å². The van der Waals surface area contributed by atoms with E-state index in [9.17, 15) is 4.79 Å². The minimum absolute atomic E-state index is 0.244. The molecule has 0 radical (unpaired) electrons. The number of thioether (sulfide) groups is 1. The fraction of sp³-hybridized carbons (Fsp3) is 0.250. The number of terminal acetylenes is 1. The van der Waals surface area contributed by atoms with E-state index in [0.717, 1.165) is 24.2 Å². The van der Waals surface area contributed by atoms with Crippen LogP contribution in [0.25, 0.3) is 0 Å². The summed E-state index contributed by atoms with van der Waals surface area (Å²) in [4.78, 5) is 14.4. The number of rotatable bonds is 4. The van der Waals surface area contributed by atoms with Gasteiger partial charge in [-0.15, -0.1) is 6.42 Å². The second kappa shape index (κ2) is 8.50. The van der Waals surface area contributed by atoms with Crippen molar-refractivity contribution in [1.82, 2.24) is 5.32 Å². The first-order valence-corrected chi connectivity index (χ1v) is 9.43. The maximum atomic E-state index is 12.0. The summed E-state index contributed by atoms with van der Waals surface area (Å²) in [5.74, 6) is 4.92. The van der Waals surface area contributed by atoms with Crippen molar-refractivity contribution < 1.29 is 4.79 Å². The van der Waals surface area contributed by atoms with Gasteiger partial charge in [-0.25, -0.2) is 4.79 Å². The topological polar surface area (TPSA) is 44.4 Å².